The summed E-state index contributed by atoms with van der Waals surface area (Å²) in [6, 6.07) is 0. The van der Waals surface area contributed by atoms with Gasteiger partial charge in [-0.25, -0.2) is 9.97 Å². The van der Waals surface area contributed by atoms with Crippen LogP contribution in [0.25, 0.3) is 0 Å². The number of nitrogens with one attached hydrogen (secondary N) is 1. The second kappa shape index (κ2) is 5.07. The molecular weight excluding hydrogens is 222 g/mol. The number of anilines is 1. The van der Waals surface area contributed by atoms with Gasteiger partial charge in [0.1, 0.15) is 11.6 Å². The molecule has 0 aliphatic carbocycles. The monoisotopic (exact) mass is 237 g/mol. The molecule has 2 rings (SSSR count). The van der Waals surface area contributed by atoms with E-state index in [4.69, 9.17) is 5.73 Å². The van der Waals surface area contributed by atoms with E-state index < -0.39 is 0 Å². The van der Waals surface area contributed by atoms with E-state index >= 15 is 0 Å². The minimum absolute atomic E-state index is 0.642. The first-order valence-corrected chi connectivity index (χ1v) is 6.26. The third kappa shape index (κ3) is 2.79. The first kappa shape index (κ1) is 11.1. The summed E-state index contributed by atoms with van der Waals surface area (Å²) in [5, 5.41) is 9.69. The summed E-state index contributed by atoms with van der Waals surface area (Å²) in [7, 11) is 0. The first-order valence-electron chi connectivity index (χ1n) is 5.38. The standard InChI is InChI=1S/C10H15N5S/c1-2-8-13-9(15-14-8)5-3-4-7-6-16-10(11)12-7/h6H,2-5H2,1H3,(H2,11,12)(H,13,14,15). The molecule has 0 bridgehead atoms. The van der Waals surface area contributed by atoms with E-state index in [1.807, 2.05) is 12.3 Å². The Morgan fingerprint density at radius 2 is 2.25 bits per heavy atom. The zero-order valence-corrected chi connectivity index (χ0v) is 10.0. The van der Waals surface area contributed by atoms with Gasteiger partial charge in [-0.3, -0.25) is 5.10 Å². The lowest BCUT2D eigenvalue weighted by atomic mass is 10.2. The quantitative estimate of drug-likeness (QED) is 0.827. The maximum absolute atomic E-state index is 5.56. The minimum atomic E-state index is 0.642. The number of rotatable bonds is 5. The van der Waals surface area contributed by atoms with Crippen LogP contribution in [0.4, 0.5) is 5.13 Å². The molecule has 6 heteroatoms. The zero-order valence-electron chi connectivity index (χ0n) is 9.23. The molecule has 0 fully saturated rings. The number of nitrogen functional groups attached to an aromatic ring is 1. The molecule has 2 aromatic heterocycles. The molecule has 2 heterocycles. The lowest BCUT2D eigenvalue weighted by Gasteiger charge is -1.94. The van der Waals surface area contributed by atoms with Crippen molar-refractivity contribution < 1.29 is 0 Å². The molecule has 0 atom stereocenters. The normalized spacial score (nSPS) is 10.8. The third-order valence-corrected chi connectivity index (χ3v) is 3.03. The number of nitrogens with two attached hydrogens (primary N) is 1. The molecule has 0 spiro atoms. The Labute approximate surface area is 98.1 Å². The van der Waals surface area contributed by atoms with Crippen LogP contribution in [-0.2, 0) is 19.3 Å². The van der Waals surface area contributed by atoms with Crippen molar-refractivity contribution in [3.63, 3.8) is 0 Å². The number of nitrogens with zero attached hydrogens (tertiary/aromatic N) is 3. The van der Waals surface area contributed by atoms with Crippen LogP contribution in [0.2, 0.25) is 0 Å². The van der Waals surface area contributed by atoms with Gasteiger partial charge < -0.3 is 5.73 Å². The van der Waals surface area contributed by atoms with Gasteiger partial charge in [0, 0.05) is 18.2 Å². The van der Waals surface area contributed by atoms with Crippen LogP contribution >= 0.6 is 11.3 Å². The van der Waals surface area contributed by atoms with E-state index in [2.05, 4.69) is 20.2 Å². The molecule has 86 valence electrons. The minimum Gasteiger partial charge on any atom is -0.375 e. The number of H-pyrrole nitrogens is 1. The molecule has 3 N–H and O–H groups in total. The second-order valence-electron chi connectivity index (χ2n) is 3.58. The predicted octanol–water partition coefficient (Wildman–Crippen LogP) is 1.58. The van der Waals surface area contributed by atoms with Gasteiger partial charge in [-0.15, -0.1) is 11.3 Å². The lowest BCUT2D eigenvalue weighted by Crippen LogP contribution is -1.93. The van der Waals surface area contributed by atoms with Gasteiger partial charge in [0.05, 0.1) is 5.69 Å². The maximum Gasteiger partial charge on any atom is 0.180 e. The Hall–Kier alpha value is -1.43. The molecular formula is C10H15N5S. The van der Waals surface area contributed by atoms with E-state index in [1.165, 1.54) is 11.3 Å². The van der Waals surface area contributed by atoms with Crippen LogP contribution in [0, 0.1) is 0 Å². The maximum atomic E-state index is 5.56. The van der Waals surface area contributed by atoms with Crippen molar-refractivity contribution in [3.8, 4) is 0 Å². The van der Waals surface area contributed by atoms with Crippen LogP contribution in [0.15, 0.2) is 5.38 Å². The van der Waals surface area contributed by atoms with Crippen molar-refractivity contribution >= 4 is 16.5 Å². The van der Waals surface area contributed by atoms with Crippen molar-refractivity contribution in [2.24, 2.45) is 0 Å². The highest BCUT2D eigenvalue weighted by molar-refractivity contribution is 7.13. The number of aromatic amines is 1. The van der Waals surface area contributed by atoms with Gasteiger partial charge in [0.15, 0.2) is 5.13 Å². The number of aromatic nitrogens is 4. The Morgan fingerprint density at radius 1 is 1.38 bits per heavy atom. The molecule has 0 amide bonds. The topological polar surface area (TPSA) is 80.5 Å². The summed E-state index contributed by atoms with van der Waals surface area (Å²) >= 11 is 1.49. The highest BCUT2D eigenvalue weighted by Gasteiger charge is 2.03. The summed E-state index contributed by atoms with van der Waals surface area (Å²) in [4.78, 5) is 8.57. The molecule has 0 saturated heterocycles. The van der Waals surface area contributed by atoms with Crippen LogP contribution in [0.3, 0.4) is 0 Å². The van der Waals surface area contributed by atoms with Crippen LogP contribution in [0.1, 0.15) is 30.7 Å². The SMILES string of the molecule is CCc1n[nH]c(CCCc2csc(N)n2)n1. The zero-order chi connectivity index (χ0) is 11.4. The summed E-state index contributed by atoms with van der Waals surface area (Å²) in [6.45, 7) is 2.05. The van der Waals surface area contributed by atoms with Gasteiger partial charge in [0.2, 0.25) is 0 Å². The predicted molar refractivity (Wildman–Crippen MR) is 64.3 cm³/mol. The van der Waals surface area contributed by atoms with Crippen molar-refractivity contribution in [3.05, 3.63) is 22.7 Å². The van der Waals surface area contributed by atoms with Crippen LogP contribution in [-0.4, -0.2) is 20.2 Å². The molecule has 0 radical (unpaired) electrons. The first-order chi connectivity index (χ1) is 7.78. The van der Waals surface area contributed by atoms with E-state index in [1.54, 1.807) is 0 Å². The van der Waals surface area contributed by atoms with Gasteiger partial charge in [-0.2, -0.15) is 5.10 Å². The van der Waals surface area contributed by atoms with Gasteiger partial charge in [-0.1, -0.05) is 6.92 Å². The summed E-state index contributed by atoms with van der Waals surface area (Å²) < 4.78 is 0. The van der Waals surface area contributed by atoms with Crippen molar-refractivity contribution in [1.29, 1.82) is 0 Å². The summed E-state index contributed by atoms with van der Waals surface area (Å²) in [6.07, 6.45) is 3.74. The summed E-state index contributed by atoms with van der Waals surface area (Å²) in [5.74, 6) is 1.84. The molecule has 0 aromatic carbocycles. The van der Waals surface area contributed by atoms with Gasteiger partial charge in [-0.05, 0) is 12.8 Å². The fourth-order valence-corrected chi connectivity index (χ4v) is 2.08. The molecule has 5 nitrogen and oxygen atoms in total. The summed E-state index contributed by atoms with van der Waals surface area (Å²) in [5.41, 5.74) is 6.63. The van der Waals surface area contributed by atoms with Crippen molar-refractivity contribution in [1.82, 2.24) is 20.2 Å². The van der Waals surface area contributed by atoms with Crippen molar-refractivity contribution in [2.45, 2.75) is 32.6 Å². The van der Waals surface area contributed by atoms with E-state index in [9.17, 15) is 0 Å². The van der Waals surface area contributed by atoms with Crippen LogP contribution in [0.5, 0.6) is 0 Å². The largest absolute Gasteiger partial charge is 0.375 e. The second-order valence-corrected chi connectivity index (χ2v) is 4.47. The van der Waals surface area contributed by atoms with Crippen molar-refractivity contribution in [2.75, 3.05) is 5.73 Å². The van der Waals surface area contributed by atoms with Crippen LogP contribution < -0.4 is 5.73 Å². The Bertz CT molecular complexity index is 448. The lowest BCUT2D eigenvalue weighted by molar-refractivity contribution is 0.764. The molecule has 0 unspecified atom stereocenters. The van der Waals surface area contributed by atoms with E-state index in [-0.39, 0.29) is 0 Å². The van der Waals surface area contributed by atoms with Gasteiger partial charge >= 0.3 is 0 Å². The average molecular weight is 237 g/mol. The number of hydrogen-bond donors (Lipinski definition) is 2. The highest BCUT2D eigenvalue weighted by Crippen LogP contribution is 2.13. The Balaban J connectivity index is 1.79. The fraction of sp³-hybridized carbons (Fsp3) is 0.500. The highest BCUT2D eigenvalue weighted by atomic mass is 32.1. The molecule has 0 aliphatic rings. The van der Waals surface area contributed by atoms with Gasteiger partial charge in [0.25, 0.3) is 0 Å². The smallest absolute Gasteiger partial charge is 0.180 e. The Kier molecular flexibility index (Phi) is 3.51. The van der Waals surface area contributed by atoms with E-state index in [0.717, 1.165) is 43.0 Å². The molecule has 2 aromatic rings. The molecule has 0 aliphatic heterocycles. The number of thiazole rings is 1. The van der Waals surface area contributed by atoms with E-state index in [0.29, 0.717) is 5.13 Å². The average Bonchev–Trinajstić information content (AvgIpc) is 2.88. The number of aryl methyl sites for hydroxylation is 3. The molecule has 0 saturated carbocycles. The fourth-order valence-electron chi connectivity index (χ4n) is 1.48. The third-order valence-electron chi connectivity index (χ3n) is 2.31. The number of hydrogen-bond acceptors (Lipinski definition) is 5. The molecule has 16 heavy (non-hydrogen) atoms. The Morgan fingerprint density at radius 3 is 2.88 bits per heavy atom.